The molecule has 1 aliphatic rings. The van der Waals surface area contributed by atoms with Gasteiger partial charge >= 0.3 is 0 Å². The predicted molar refractivity (Wildman–Crippen MR) is 71.3 cm³/mol. The van der Waals surface area contributed by atoms with Crippen LogP contribution in [0.4, 0.5) is 4.39 Å². The SMILES string of the molecule is CCCN1CC[C@@H](N)[C@@H]1c1ccc(F)c(Br)c1. The van der Waals surface area contributed by atoms with Gasteiger partial charge in [-0.15, -0.1) is 0 Å². The fourth-order valence-corrected chi connectivity index (χ4v) is 2.97. The van der Waals surface area contributed by atoms with Crippen LogP contribution in [-0.4, -0.2) is 24.0 Å². The van der Waals surface area contributed by atoms with Crippen LogP contribution in [0.5, 0.6) is 0 Å². The minimum atomic E-state index is -0.220. The van der Waals surface area contributed by atoms with E-state index in [1.54, 1.807) is 0 Å². The van der Waals surface area contributed by atoms with Crippen molar-refractivity contribution < 1.29 is 4.39 Å². The monoisotopic (exact) mass is 300 g/mol. The van der Waals surface area contributed by atoms with Crippen molar-refractivity contribution in [3.63, 3.8) is 0 Å². The Morgan fingerprint density at radius 2 is 2.29 bits per heavy atom. The van der Waals surface area contributed by atoms with E-state index in [4.69, 9.17) is 5.73 Å². The topological polar surface area (TPSA) is 29.3 Å². The third-order valence-corrected chi connectivity index (χ3v) is 3.95. The first-order chi connectivity index (χ1) is 8.13. The van der Waals surface area contributed by atoms with Crippen LogP contribution >= 0.6 is 15.9 Å². The van der Waals surface area contributed by atoms with Gasteiger partial charge in [0.1, 0.15) is 5.82 Å². The Morgan fingerprint density at radius 3 is 2.94 bits per heavy atom. The Kier molecular flexibility index (Phi) is 4.17. The van der Waals surface area contributed by atoms with Gasteiger partial charge in [-0.25, -0.2) is 4.39 Å². The largest absolute Gasteiger partial charge is 0.326 e. The summed E-state index contributed by atoms with van der Waals surface area (Å²) in [4.78, 5) is 2.39. The highest BCUT2D eigenvalue weighted by atomic mass is 79.9. The lowest BCUT2D eigenvalue weighted by molar-refractivity contribution is 0.248. The highest BCUT2D eigenvalue weighted by Crippen LogP contribution is 2.33. The van der Waals surface area contributed by atoms with E-state index in [9.17, 15) is 4.39 Å². The number of hydrogen-bond acceptors (Lipinski definition) is 2. The van der Waals surface area contributed by atoms with Crippen LogP contribution in [0.2, 0.25) is 0 Å². The van der Waals surface area contributed by atoms with E-state index in [0.717, 1.165) is 31.5 Å². The van der Waals surface area contributed by atoms with E-state index < -0.39 is 0 Å². The van der Waals surface area contributed by atoms with Crippen molar-refractivity contribution in [1.82, 2.24) is 4.90 Å². The molecule has 1 aromatic carbocycles. The molecule has 0 amide bonds. The van der Waals surface area contributed by atoms with Gasteiger partial charge in [-0.05, 0) is 53.0 Å². The highest BCUT2D eigenvalue weighted by molar-refractivity contribution is 9.10. The summed E-state index contributed by atoms with van der Waals surface area (Å²) in [6, 6.07) is 5.59. The van der Waals surface area contributed by atoms with Gasteiger partial charge in [0, 0.05) is 18.6 Å². The summed E-state index contributed by atoms with van der Waals surface area (Å²) in [5.74, 6) is -0.220. The number of halogens is 2. The Morgan fingerprint density at radius 1 is 1.53 bits per heavy atom. The van der Waals surface area contributed by atoms with E-state index in [2.05, 4.69) is 27.8 Å². The molecule has 2 N–H and O–H groups in total. The highest BCUT2D eigenvalue weighted by Gasteiger charge is 2.32. The zero-order chi connectivity index (χ0) is 12.4. The summed E-state index contributed by atoms with van der Waals surface area (Å²) < 4.78 is 13.8. The molecule has 0 saturated carbocycles. The molecule has 1 fully saturated rings. The van der Waals surface area contributed by atoms with Gasteiger partial charge in [0.2, 0.25) is 0 Å². The minimum Gasteiger partial charge on any atom is -0.326 e. The van der Waals surface area contributed by atoms with Crippen LogP contribution < -0.4 is 5.73 Å². The normalized spacial score (nSPS) is 25.4. The molecule has 0 radical (unpaired) electrons. The first kappa shape index (κ1) is 13.0. The second-order valence-corrected chi connectivity index (χ2v) is 5.46. The Bertz CT molecular complexity index is 395. The molecule has 2 rings (SSSR count). The van der Waals surface area contributed by atoms with Gasteiger partial charge in [-0.1, -0.05) is 13.0 Å². The molecule has 0 bridgehead atoms. The number of rotatable bonds is 3. The molecular weight excluding hydrogens is 283 g/mol. The number of nitrogens with two attached hydrogens (primary N) is 1. The van der Waals surface area contributed by atoms with Crippen molar-refractivity contribution in [2.75, 3.05) is 13.1 Å². The Hall–Kier alpha value is -0.450. The molecule has 0 aromatic heterocycles. The van der Waals surface area contributed by atoms with Crippen molar-refractivity contribution in [3.8, 4) is 0 Å². The lowest BCUT2D eigenvalue weighted by Crippen LogP contribution is -2.32. The van der Waals surface area contributed by atoms with E-state index in [0.29, 0.717) is 4.47 Å². The number of nitrogens with zero attached hydrogens (tertiary/aromatic N) is 1. The maximum absolute atomic E-state index is 13.2. The number of likely N-dealkylation sites (tertiary alicyclic amines) is 1. The molecule has 2 atom stereocenters. The van der Waals surface area contributed by atoms with Gasteiger partial charge in [0.25, 0.3) is 0 Å². The Balaban J connectivity index is 2.26. The Labute approximate surface area is 110 Å². The summed E-state index contributed by atoms with van der Waals surface area (Å²) in [6.07, 6.45) is 2.13. The minimum absolute atomic E-state index is 0.152. The summed E-state index contributed by atoms with van der Waals surface area (Å²) >= 11 is 3.24. The summed E-state index contributed by atoms with van der Waals surface area (Å²) in [5, 5.41) is 0. The number of benzene rings is 1. The van der Waals surface area contributed by atoms with Crippen molar-refractivity contribution in [2.45, 2.75) is 31.8 Å². The van der Waals surface area contributed by atoms with Gasteiger partial charge in [-0.2, -0.15) is 0 Å². The number of hydrogen-bond donors (Lipinski definition) is 1. The molecule has 1 aromatic rings. The van der Waals surface area contributed by atoms with Gasteiger partial charge in [0.15, 0.2) is 0 Å². The molecule has 1 heterocycles. The maximum atomic E-state index is 13.2. The van der Waals surface area contributed by atoms with Crippen LogP contribution in [0.1, 0.15) is 31.4 Å². The lowest BCUT2D eigenvalue weighted by Gasteiger charge is -2.27. The first-order valence-corrected chi connectivity index (χ1v) is 6.87. The summed E-state index contributed by atoms with van der Waals surface area (Å²) in [5.41, 5.74) is 7.28. The summed E-state index contributed by atoms with van der Waals surface area (Å²) in [6.45, 7) is 4.25. The van der Waals surface area contributed by atoms with Crippen molar-refractivity contribution in [1.29, 1.82) is 0 Å². The van der Waals surface area contributed by atoms with Gasteiger partial charge in [-0.3, -0.25) is 4.90 Å². The van der Waals surface area contributed by atoms with Crippen LogP contribution in [0.15, 0.2) is 22.7 Å². The van der Waals surface area contributed by atoms with Crippen LogP contribution in [0.3, 0.4) is 0 Å². The third-order valence-electron chi connectivity index (χ3n) is 3.34. The zero-order valence-corrected chi connectivity index (χ0v) is 11.6. The average molecular weight is 301 g/mol. The predicted octanol–water partition coefficient (Wildman–Crippen LogP) is 3.07. The summed E-state index contributed by atoms with van der Waals surface area (Å²) in [7, 11) is 0. The average Bonchev–Trinajstić information content (AvgIpc) is 2.65. The fourth-order valence-electron chi connectivity index (χ4n) is 2.58. The standard InChI is InChI=1S/C13H18BrFN2/c1-2-6-17-7-5-12(16)13(17)9-3-4-11(15)10(14)8-9/h3-4,8,12-13H,2,5-7,16H2,1H3/t12-,13+/m1/s1. The van der Waals surface area contributed by atoms with E-state index in [-0.39, 0.29) is 17.9 Å². The molecule has 0 spiro atoms. The molecule has 1 saturated heterocycles. The molecule has 4 heteroatoms. The fraction of sp³-hybridized carbons (Fsp3) is 0.538. The molecule has 0 aliphatic carbocycles. The van der Waals surface area contributed by atoms with E-state index >= 15 is 0 Å². The molecule has 1 aliphatic heterocycles. The second kappa shape index (κ2) is 5.46. The molecule has 94 valence electrons. The third kappa shape index (κ3) is 2.69. The molecule has 17 heavy (non-hydrogen) atoms. The van der Waals surface area contributed by atoms with Crippen LogP contribution in [0, 0.1) is 5.82 Å². The quantitative estimate of drug-likeness (QED) is 0.929. The molecule has 2 nitrogen and oxygen atoms in total. The maximum Gasteiger partial charge on any atom is 0.137 e. The smallest absolute Gasteiger partial charge is 0.137 e. The first-order valence-electron chi connectivity index (χ1n) is 6.08. The van der Waals surface area contributed by atoms with Gasteiger partial charge < -0.3 is 5.73 Å². The van der Waals surface area contributed by atoms with E-state index in [1.165, 1.54) is 6.07 Å². The van der Waals surface area contributed by atoms with Crippen LogP contribution in [0.25, 0.3) is 0 Å². The molecular formula is C13H18BrFN2. The molecule has 0 unspecified atom stereocenters. The van der Waals surface area contributed by atoms with Crippen molar-refractivity contribution in [2.24, 2.45) is 5.73 Å². The lowest BCUT2D eigenvalue weighted by atomic mass is 10.0. The van der Waals surface area contributed by atoms with Crippen molar-refractivity contribution in [3.05, 3.63) is 34.1 Å². The van der Waals surface area contributed by atoms with E-state index in [1.807, 2.05) is 12.1 Å². The second-order valence-electron chi connectivity index (χ2n) is 4.61. The van der Waals surface area contributed by atoms with Crippen molar-refractivity contribution >= 4 is 15.9 Å². The zero-order valence-electron chi connectivity index (χ0n) is 10.00. The van der Waals surface area contributed by atoms with Gasteiger partial charge in [0.05, 0.1) is 4.47 Å². The van der Waals surface area contributed by atoms with Crippen LogP contribution in [-0.2, 0) is 0 Å².